The van der Waals surface area contributed by atoms with E-state index in [1.165, 1.54) is 41.7 Å². The van der Waals surface area contributed by atoms with Crippen LogP contribution in [0.3, 0.4) is 0 Å². The van der Waals surface area contributed by atoms with Gasteiger partial charge in [-0.05, 0) is 42.0 Å². The van der Waals surface area contributed by atoms with Gasteiger partial charge in [0.05, 0.1) is 36.2 Å². The average molecular weight is 490 g/mol. The van der Waals surface area contributed by atoms with E-state index in [0.717, 1.165) is 6.26 Å². The van der Waals surface area contributed by atoms with Gasteiger partial charge < -0.3 is 10.1 Å². The summed E-state index contributed by atoms with van der Waals surface area (Å²) in [5, 5.41) is 14.0. The van der Waals surface area contributed by atoms with E-state index >= 15 is 0 Å². The van der Waals surface area contributed by atoms with E-state index in [1.807, 2.05) is 0 Å². The largest absolute Gasteiger partial charge is 0.495 e. The fourth-order valence-electron chi connectivity index (χ4n) is 3.06. The van der Waals surface area contributed by atoms with Gasteiger partial charge in [-0.3, -0.25) is 19.2 Å². The molecule has 3 rings (SSSR count). The Kier molecular flexibility index (Phi) is 7.19. The van der Waals surface area contributed by atoms with Crippen molar-refractivity contribution in [1.82, 2.24) is 0 Å². The van der Waals surface area contributed by atoms with Gasteiger partial charge in [0, 0.05) is 22.7 Å². The Balaban J connectivity index is 1.80. The molecule has 3 aromatic carbocycles. The molecule has 0 aromatic heterocycles. The SMILES string of the molecule is COc1ccc([N+](=O)[O-])cc1NC(=O)c1ccc(CN(c2cccc(Cl)c2)S(C)(=O)=O)cc1. The van der Waals surface area contributed by atoms with Crippen LogP contribution < -0.4 is 14.4 Å². The fourth-order valence-corrected chi connectivity index (χ4v) is 4.12. The van der Waals surface area contributed by atoms with Gasteiger partial charge in [-0.25, -0.2) is 8.42 Å². The Morgan fingerprint density at radius 3 is 2.39 bits per heavy atom. The van der Waals surface area contributed by atoms with Gasteiger partial charge in [-0.2, -0.15) is 0 Å². The van der Waals surface area contributed by atoms with Crippen LogP contribution in [0.5, 0.6) is 5.75 Å². The molecule has 1 N–H and O–H groups in total. The highest BCUT2D eigenvalue weighted by Gasteiger charge is 2.19. The third kappa shape index (κ3) is 5.99. The first-order valence-corrected chi connectivity index (χ1v) is 11.8. The number of benzene rings is 3. The number of nitro benzene ring substituents is 1. The number of methoxy groups -OCH3 is 1. The molecule has 3 aromatic rings. The molecule has 0 saturated heterocycles. The number of amides is 1. The number of hydrogen-bond acceptors (Lipinski definition) is 6. The average Bonchev–Trinajstić information content (AvgIpc) is 2.77. The Morgan fingerprint density at radius 1 is 1.12 bits per heavy atom. The van der Waals surface area contributed by atoms with Crippen molar-refractivity contribution in [3.63, 3.8) is 0 Å². The van der Waals surface area contributed by atoms with Crippen LogP contribution in [-0.4, -0.2) is 32.6 Å². The molecule has 0 fully saturated rings. The maximum absolute atomic E-state index is 12.7. The summed E-state index contributed by atoms with van der Waals surface area (Å²) in [6.45, 7) is 0.0414. The van der Waals surface area contributed by atoms with Crippen molar-refractivity contribution in [2.75, 3.05) is 23.0 Å². The zero-order chi connectivity index (χ0) is 24.2. The number of carbonyl (C=O) groups is 1. The molecular formula is C22H20ClN3O6S. The van der Waals surface area contributed by atoms with E-state index in [1.54, 1.807) is 36.4 Å². The summed E-state index contributed by atoms with van der Waals surface area (Å²) in [5.41, 5.74) is 1.31. The lowest BCUT2D eigenvalue weighted by atomic mass is 10.1. The van der Waals surface area contributed by atoms with Gasteiger partial charge in [0.2, 0.25) is 10.0 Å². The second-order valence-electron chi connectivity index (χ2n) is 7.04. The second-order valence-corrected chi connectivity index (χ2v) is 9.39. The van der Waals surface area contributed by atoms with E-state index in [0.29, 0.717) is 16.3 Å². The van der Waals surface area contributed by atoms with Gasteiger partial charge in [0.25, 0.3) is 11.6 Å². The molecule has 0 aliphatic heterocycles. The molecule has 0 radical (unpaired) electrons. The number of carbonyl (C=O) groups excluding carboxylic acids is 1. The maximum atomic E-state index is 12.7. The van der Waals surface area contributed by atoms with Crippen molar-refractivity contribution >= 4 is 44.6 Å². The van der Waals surface area contributed by atoms with Gasteiger partial charge >= 0.3 is 0 Å². The zero-order valence-electron chi connectivity index (χ0n) is 17.7. The van der Waals surface area contributed by atoms with Crippen LogP contribution in [0.1, 0.15) is 15.9 Å². The third-order valence-electron chi connectivity index (χ3n) is 4.68. The maximum Gasteiger partial charge on any atom is 0.271 e. The normalized spacial score (nSPS) is 11.0. The van der Waals surface area contributed by atoms with Crippen molar-refractivity contribution in [3.05, 3.63) is 93.0 Å². The minimum atomic E-state index is -3.59. The molecule has 9 nitrogen and oxygen atoms in total. The molecular weight excluding hydrogens is 470 g/mol. The first-order valence-electron chi connectivity index (χ1n) is 9.54. The quantitative estimate of drug-likeness (QED) is 0.368. The predicted octanol–water partition coefficient (Wildman–Crippen LogP) is 4.48. The number of hydrogen-bond donors (Lipinski definition) is 1. The number of rotatable bonds is 8. The van der Waals surface area contributed by atoms with Crippen molar-refractivity contribution in [1.29, 1.82) is 0 Å². The van der Waals surface area contributed by atoms with Crippen molar-refractivity contribution < 1.29 is 22.9 Å². The van der Waals surface area contributed by atoms with E-state index in [-0.39, 0.29) is 29.2 Å². The number of nitro groups is 1. The summed E-state index contributed by atoms with van der Waals surface area (Å²) in [6, 6.07) is 16.7. The number of nitrogens with one attached hydrogen (secondary N) is 1. The molecule has 0 atom stereocenters. The lowest BCUT2D eigenvalue weighted by Gasteiger charge is -2.22. The van der Waals surface area contributed by atoms with E-state index in [2.05, 4.69) is 5.32 Å². The highest BCUT2D eigenvalue weighted by Crippen LogP contribution is 2.29. The number of non-ortho nitro benzene ring substituents is 1. The van der Waals surface area contributed by atoms with Gasteiger partial charge in [0.1, 0.15) is 5.75 Å². The van der Waals surface area contributed by atoms with Crippen LogP contribution in [0.4, 0.5) is 17.1 Å². The first kappa shape index (κ1) is 24.0. The topological polar surface area (TPSA) is 119 Å². The minimum absolute atomic E-state index is 0.0414. The molecule has 0 spiro atoms. The summed E-state index contributed by atoms with van der Waals surface area (Å²) in [5.74, 6) is -0.231. The lowest BCUT2D eigenvalue weighted by Crippen LogP contribution is -2.29. The van der Waals surface area contributed by atoms with Gasteiger partial charge in [-0.15, -0.1) is 0 Å². The molecule has 11 heteroatoms. The molecule has 0 saturated carbocycles. The number of nitrogens with zero attached hydrogens (tertiary/aromatic N) is 2. The summed E-state index contributed by atoms with van der Waals surface area (Å²) in [6.07, 6.45) is 1.10. The molecule has 1 amide bonds. The Morgan fingerprint density at radius 2 is 1.82 bits per heavy atom. The number of anilines is 2. The molecule has 0 bridgehead atoms. The van der Waals surface area contributed by atoms with Crippen LogP contribution in [0.2, 0.25) is 5.02 Å². The predicted molar refractivity (Wildman–Crippen MR) is 127 cm³/mol. The minimum Gasteiger partial charge on any atom is -0.495 e. The van der Waals surface area contributed by atoms with Crippen molar-refractivity contribution in [3.8, 4) is 5.75 Å². The van der Waals surface area contributed by atoms with Crippen molar-refractivity contribution in [2.24, 2.45) is 0 Å². The summed E-state index contributed by atoms with van der Waals surface area (Å²) in [7, 11) is -2.20. The number of halogens is 1. The van der Waals surface area contributed by atoms with Crippen LogP contribution >= 0.6 is 11.6 Å². The van der Waals surface area contributed by atoms with Crippen molar-refractivity contribution in [2.45, 2.75) is 6.54 Å². The number of ether oxygens (including phenoxy) is 1. The monoisotopic (exact) mass is 489 g/mol. The van der Waals surface area contributed by atoms with Crippen LogP contribution in [0.25, 0.3) is 0 Å². The van der Waals surface area contributed by atoms with Gasteiger partial charge in [-0.1, -0.05) is 29.8 Å². The molecule has 33 heavy (non-hydrogen) atoms. The van der Waals surface area contributed by atoms with Crippen LogP contribution in [0.15, 0.2) is 66.7 Å². The molecule has 0 aliphatic carbocycles. The standard InChI is InChI=1S/C22H20ClN3O6S/c1-32-21-11-10-19(26(28)29)13-20(21)24-22(27)16-8-6-15(7-9-16)14-25(33(2,30)31)18-5-3-4-17(23)12-18/h3-13H,14H2,1-2H3,(H,24,27). The smallest absolute Gasteiger partial charge is 0.271 e. The molecule has 0 unspecified atom stereocenters. The molecule has 0 heterocycles. The first-order chi connectivity index (χ1) is 15.6. The van der Waals surface area contributed by atoms with Crippen LogP contribution in [-0.2, 0) is 16.6 Å². The van der Waals surface area contributed by atoms with E-state index < -0.39 is 20.9 Å². The lowest BCUT2D eigenvalue weighted by molar-refractivity contribution is -0.384. The third-order valence-corrected chi connectivity index (χ3v) is 6.06. The molecule has 172 valence electrons. The summed E-state index contributed by atoms with van der Waals surface area (Å²) < 4.78 is 31.0. The number of sulfonamides is 1. The van der Waals surface area contributed by atoms with Gasteiger partial charge in [0.15, 0.2) is 0 Å². The Bertz CT molecular complexity index is 1300. The fraction of sp³-hybridized carbons (Fsp3) is 0.136. The summed E-state index contributed by atoms with van der Waals surface area (Å²) in [4.78, 5) is 23.1. The molecule has 0 aliphatic rings. The van der Waals surface area contributed by atoms with E-state index in [4.69, 9.17) is 16.3 Å². The highest BCUT2D eigenvalue weighted by molar-refractivity contribution is 7.92. The van der Waals surface area contributed by atoms with Crippen LogP contribution in [0, 0.1) is 10.1 Å². The Labute approximate surface area is 195 Å². The summed E-state index contributed by atoms with van der Waals surface area (Å²) >= 11 is 6.00. The zero-order valence-corrected chi connectivity index (χ0v) is 19.3. The Hall–Kier alpha value is -3.63. The second kappa shape index (κ2) is 9.88. The van der Waals surface area contributed by atoms with E-state index in [9.17, 15) is 23.3 Å². The highest BCUT2D eigenvalue weighted by atomic mass is 35.5.